The zero-order valence-corrected chi connectivity index (χ0v) is 15.8. The van der Waals surface area contributed by atoms with Crippen LogP contribution in [0.4, 0.5) is 5.69 Å². The van der Waals surface area contributed by atoms with Crippen molar-refractivity contribution in [2.75, 3.05) is 25.1 Å². The summed E-state index contributed by atoms with van der Waals surface area (Å²) in [5.41, 5.74) is 5.92. The first-order valence-electron chi connectivity index (χ1n) is 8.79. The first kappa shape index (κ1) is 20.9. The molecule has 2 aromatic carbocycles. The van der Waals surface area contributed by atoms with Gasteiger partial charge in [0, 0.05) is 24.8 Å². The predicted molar refractivity (Wildman–Crippen MR) is 104 cm³/mol. The van der Waals surface area contributed by atoms with Gasteiger partial charge >= 0.3 is 0 Å². The van der Waals surface area contributed by atoms with Crippen molar-refractivity contribution in [1.82, 2.24) is 10.9 Å². The minimum atomic E-state index is -0.504. The zero-order valence-electron chi connectivity index (χ0n) is 15.8. The van der Waals surface area contributed by atoms with E-state index in [0.29, 0.717) is 42.4 Å². The number of nitrogens with one attached hydrogen (secondary N) is 3. The van der Waals surface area contributed by atoms with Gasteiger partial charge in [-0.1, -0.05) is 12.1 Å². The Hall–Kier alpha value is -3.39. The van der Waals surface area contributed by atoms with E-state index in [2.05, 4.69) is 16.2 Å². The molecule has 0 spiro atoms. The minimum absolute atomic E-state index is 0.202. The normalized spacial score (nSPS) is 10.1. The highest BCUT2D eigenvalue weighted by Crippen LogP contribution is 2.17. The van der Waals surface area contributed by atoms with Crippen LogP contribution in [0.1, 0.15) is 34.6 Å². The van der Waals surface area contributed by atoms with Crippen molar-refractivity contribution in [3.8, 4) is 5.75 Å². The van der Waals surface area contributed by atoms with E-state index in [9.17, 15) is 14.4 Å². The van der Waals surface area contributed by atoms with Crippen LogP contribution in [0.25, 0.3) is 0 Å². The van der Waals surface area contributed by atoms with Crippen molar-refractivity contribution < 1.29 is 23.9 Å². The molecule has 0 aromatic heterocycles. The number of hydrogen-bond acceptors (Lipinski definition) is 5. The monoisotopic (exact) mass is 385 g/mol. The molecule has 0 bridgehead atoms. The van der Waals surface area contributed by atoms with Gasteiger partial charge in [0.05, 0.1) is 12.2 Å². The Bertz CT molecular complexity index is 821. The second-order valence-corrected chi connectivity index (χ2v) is 5.71. The summed E-state index contributed by atoms with van der Waals surface area (Å²) in [5.74, 6) is -0.798. The lowest BCUT2D eigenvalue weighted by Gasteiger charge is -2.12. The van der Waals surface area contributed by atoms with Gasteiger partial charge in [-0.25, -0.2) is 0 Å². The van der Waals surface area contributed by atoms with E-state index in [-0.39, 0.29) is 5.91 Å². The smallest absolute Gasteiger partial charge is 0.273 e. The molecule has 0 fully saturated rings. The SMILES string of the molecule is CCOCCOc1ccccc1C(=O)NNC(=O)c1ccc(NC(C)=O)cc1. The summed E-state index contributed by atoms with van der Waals surface area (Å²) in [4.78, 5) is 35.6. The quantitative estimate of drug-likeness (QED) is 0.477. The molecule has 0 unspecified atom stereocenters. The van der Waals surface area contributed by atoms with Gasteiger partial charge in [-0.05, 0) is 43.3 Å². The van der Waals surface area contributed by atoms with E-state index in [1.807, 2.05) is 6.92 Å². The van der Waals surface area contributed by atoms with Gasteiger partial charge in [-0.15, -0.1) is 0 Å². The van der Waals surface area contributed by atoms with Crippen LogP contribution in [0.3, 0.4) is 0 Å². The number of anilines is 1. The molecule has 2 aromatic rings. The van der Waals surface area contributed by atoms with Crippen LogP contribution in [0.15, 0.2) is 48.5 Å². The number of amides is 3. The summed E-state index contributed by atoms with van der Waals surface area (Å²) in [6.45, 7) is 4.60. The molecule has 0 saturated heterocycles. The van der Waals surface area contributed by atoms with Crippen molar-refractivity contribution >= 4 is 23.4 Å². The number of carbonyl (C=O) groups excluding carboxylic acids is 3. The highest BCUT2D eigenvalue weighted by Gasteiger charge is 2.13. The maximum absolute atomic E-state index is 12.4. The highest BCUT2D eigenvalue weighted by atomic mass is 16.5. The maximum atomic E-state index is 12.4. The van der Waals surface area contributed by atoms with Crippen molar-refractivity contribution in [3.05, 3.63) is 59.7 Å². The van der Waals surface area contributed by atoms with Crippen molar-refractivity contribution in [2.45, 2.75) is 13.8 Å². The van der Waals surface area contributed by atoms with Crippen LogP contribution in [-0.4, -0.2) is 37.5 Å². The summed E-state index contributed by atoms with van der Waals surface area (Å²) in [5, 5.41) is 2.61. The van der Waals surface area contributed by atoms with Crippen LogP contribution >= 0.6 is 0 Å². The number of hydrogen-bond donors (Lipinski definition) is 3. The number of carbonyl (C=O) groups is 3. The van der Waals surface area contributed by atoms with Gasteiger partial charge in [0.25, 0.3) is 11.8 Å². The molecule has 0 saturated carbocycles. The molecule has 8 nitrogen and oxygen atoms in total. The van der Waals surface area contributed by atoms with E-state index in [0.717, 1.165) is 0 Å². The zero-order chi connectivity index (χ0) is 20.4. The Morgan fingerprint density at radius 3 is 2.25 bits per heavy atom. The van der Waals surface area contributed by atoms with Crippen molar-refractivity contribution in [2.24, 2.45) is 0 Å². The first-order valence-corrected chi connectivity index (χ1v) is 8.79. The first-order chi connectivity index (χ1) is 13.5. The number of ether oxygens (including phenoxy) is 2. The molecule has 0 radical (unpaired) electrons. The number of benzene rings is 2. The van der Waals surface area contributed by atoms with Crippen LogP contribution in [-0.2, 0) is 9.53 Å². The van der Waals surface area contributed by atoms with E-state index >= 15 is 0 Å². The second kappa shape index (κ2) is 10.7. The molecule has 0 aliphatic heterocycles. The molecule has 0 aliphatic rings. The molecule has 148 valence electrons. The van der Waals surface area contributed by atoms with E-state index in [4.69, 9.17) is 9.47 Å². The van der Waals surface area contributed by atoms with Crippen LogP contribution in [0, 0.1) is 0 Å². The summed E-state index contributed by atoms with van der Waals surface area (Å²) in [7, 11) is 0. The Labute approximate surface area is 163 Å². The van der Waals surface area contributed by atoms with Crippen LogP contribution < -0.4 is 20.9 Å². The van der Waals surface area contributed by atoms with Crippen LogP contribution in [0.5, 0.6) is 5.75 Å². The third-order valence-corrected chi connectivity index (χ3v) is 3.58. The summed E-state index contributed by atoms with van der Waals surface area (Å²) in [6, 6.07) is 13.0. The fourth-order valence-electron chi connectivity index (χ4n) is 2.30. The number of rotatable bonds is 8. The fraction of sp³-hybridized carbons (Fsp3) is 0.250. The third kappa shape index (κ3) is 6.40. The van der Waals surface area contributed by atoms with Crippen molar-refractivity contribution in [3.63, 3.8) is 0 Å². The highest BCUT2D eigenvalue weighted by molar-refractivity contribution is 6.00. The average Bonchev–Trinajstić information content (AvgIpc) is 2.69. The van der Waals surface area contributed by atoms with Gasteiger partial charge in [-0.2, -0.15) is 0 Å². The topological polar surface area (TPSA) is 106 Å². The maximum Gasteiger partial charge on any atom is 0.273 e. The lowest BCUT2D eigenvalue weighted by Crippen LogP contribution is -2.41. The summed E-state index contributed by atoms with van der Waals surface area (Å²) >= 11 is 0. The average molecular weight is 385 g/mol. The Morgan fingerprint density at radius 2 is 1.57 bits per heavy atom. The number of hydrazine groups is 1. The summed E-state index contributed by atoms with van der Waals surface area (Å²) < 4.78 is 10.8. The molecule has 28 heavy (non-hydrogen) atoms. The molecule has 2 rings (SSSR count). The largest absolute Gasteiger partial charge is 0.490 e. The second-order valence-electron chi connectivity index (χ2n) is 5.71. The molecular weight excluding hydrogens is 362 g/mol. The van der Waals surface area contributed by atoms with Gasteiger partial charge in [0.15, 0.2) is 0 Å². The molecule has 8 heteroatoms. The summed E-state index contributed by atoms with van der Waals surface area (Å²) in [6.07, 6.45) is 0. The lowest BCUT2D eigenvalue weighted by molar-refractivity contribution is -0.114. The Kier molecular flexibility index (Phi) is 7.98. The molecule has 0 atom stereocenters. The number of para-hydroxylation sites is 1. The van der Waals surface area contributed by atoms with E-state index in [1.165, 1.54) is 19.1 Å². The lowest BCUT2D eigenvalue weighted by atomic mass is 10.2. The standard InChI is InChI=1S/C20H23N3O5/c1-3-27-12-13-28-18-7-5-4-6-17(18)20(26)23-22-19(25)15-8-10-16(11-9-15)21-14(2)24/h4-11H,3,12-13H2,1-2H3,(H,21,24)(H,22,25)(H,23,26). The molecular formula is C20H23N3O5. The predicted octanol–water partition coefficient (Wildman–Crippen LogP) is 2.14. The van der Waals surface area contributed by atoms with E-state index < -0.39 is 11.8 Å². The minimum Gasteiger partial charge on any atom is -0.490 e. The third-order valence-electron chi connectivity index (χ3n) is 3.58. The Balaban J connectivity index is 1.92. The molecule has 3 amide bonds. The molecule has 0 heterocycles. The van der Waals surface area contributed by atoms with Gasteiger partial charge < -0.3 is 14.8 Å². The Morgan fingerprint density at radius 1 is 0.893 bits per heavy atom. The van der Waals surface area contributed by atoms with Gasteiger partial charge in [0.2, 0.25) is 5.91 Å². The van der Waals surface area contributed by atoms with Gasteiger partial charge in [0.1, 0.15) is 12.4 Å². The van der Waals surface area contributed by atoms with Crippen LogP contribution in [0.2, 0.25) is 0 Å². The van der Waals surface area contributed by atoms with Crippen molar-refractivity contribution in [1.29, 1.82) is 0 Å². The molecule has 0 aliphatic carbocycles. The van der Waals surface area contributed by atoms with E-state index in [1.54, 1.807) is 36.4 Å². The molecule has 3 N–H and O–H groups in total. The fourth-order valence-corrected chi connectivity index (χ4v) is 2.30. The van der Waals surface area contributed by atoms with Gasteiger partial charge in [-0.3, -0.25) is 25.2 Å².